The van der Waals surface area contributed by atoms with Crippen LogP contribution in [-0.4, -0.2) is 17.9 Å². The first kappa shape index (κ1) is 18.0. The number of nitrogens with zero attached hydrogens (tertiary/aromatic N) is 2. The zero-order valence-corrected chi connectivity index (χ0v) is 15.5. The van der Waals surface area contributed by atoms with Gasteiger partial charge >= 0.3 is 0 Å². The van der Waals surface area contributed by atoms with E-state index in [0.29, 0.717) is 10.6 Å². The van der Waals surface area contributed by atoms with Crippen LogP contribution < -0.4 is 5.32 Å². The standard InChI is InChI=1S/C21H19N3OS/c1-14-18(20(25)24-16-11-7-4-8-12-16)19(15-9-5-3-6-10-15)17(13-22)21(23-14)26-2/h3-12,18-19H,1-2H3,(H,24,25)/t18?,19-/m0/s1. The van der Waals surface area contributed by atoms with E-state index in [1.807, 2.05) is 73.8 Å². The molecule has 1 aliphatic heterocycles. The lowest BCUT2D eigenvalue weighted by Gasteiger charge is -2.30. The highest BCUT2D eigenvalue weighted by Gasteiger charge is 2.39. The van der Waals surface area contributed by atoms with Crippen molar-refractivity contribution < 1.29 is 4.79 Å². The fourth-order valence-electron chi connectivity index (χ4n) is 3.21. The number of thioether (sulfide) groups is 1. The number of nitriles is 1. The van der Waals surface area contributed by atoms with E-state index >= 15 is 0 Å². The lowest BCUT2D eigenvalue weighted by molar-refractivity contribution is -0.118. The van der Waals surface area contributed by atoms with Gasteiger partial charge in [-0.2, -0.15) is 5.26 Å². The third-order valence-corrected chi connectivity index (χ3v) is 5.10. The van der Waals surface area contributed by atoms with Gasteiger partial charge in [0.15, 0.2) is 0 Å². The lowest BCUT2D eigenvalue weighted by Crippen LogP contribution is -2.36. The number of carbonyl (C=O) groups is 1. The quantitative estimate of drug-likeness (QED) is 0.865. The molecule has 1 heterocycles. The van der Waals surface area contributed by atoms with Crippen molar-refractivity contribution in [3.8, 4) is 6.07 Å². The topological polar surface area (TPSA) is 65.2 Å². The number of hydrogen-bond donors (Lipinski definition) is 1. The molecule has 1 aliphatic rings. The molecule has 0 fully saturated rings. The van der Waals surface area contributed by atoms with E-state index in [-0.39, 0.29) is 11.8 Å². The number of hydrogen-bond acceptors (Lipinski definition) is 4. The molecule has 130 valence electrons. The van der Waals surface area contributed by atoms with Crippen molar-refractivity contribution in [2.45, 2.75) is 12.8 Å². The largest absolute Gasteiger partial charge is 0.325 e. The number of aliphatic imine (C=N–C) groups is 1. The van der Waals surface area contributed by atoms with Crippen LogP contribution in [-0.2, 0) is 4.79 Å². The number of rotatable bonds is 4. The highest BCUT2D eigenvalue weighted by molar-refractivity contribution is 8.02. The second-order valence-electron chi connectivity index (χ2n) is 6.01. The smallest absolute Gasteiger partial charge is 0.234 e. The summed E-state index contributed by atoms with van der Waals surface area (Å²) in [6, 6.07) is 21.3. The van der Waals surface area contributed by atoms with Crippen LogP contribution in [0, 0.1) is 17.2 Å². The van der Waals surface area contributed by atoms with Gasteiger partial charge in [-0.15, -0.1) is 11.8 Å². The van der Waals surface area contributed by atoms with Gasteiger partial charge in [0.05, 0.1) is 17.6 Å². The highest BCUT2D eigenvalue weighted by Crippen LogP contribution is 2.41. The van der Waals surface area contributed by atoms with Crippen molar-refractivity contribution in [2.24, 2.45) is 10.9 Å². The van der Waals surface area contributed by atoms with E-state index in [0.717, 1.165) is 17.0 Å². The first-order valence-corrected chi connectivity index (χ1v) is 9.52. The Morgan fingerprint density at radius 2 is 1.73 bits per heavy atom. The van der Waals surface area contributed by atoms with E-state index in [2.05, 4.69) is 16.4 Å². The molecule has 1 N–H and O–H groups in total. The van der Waals surface area contributed by atoms with E-state index in [1.54, 1.807) is 0 Å². The Labute approximate surface area is 157 Å². The molecule has 1 unspecified atom stereocenters. The van der Waals surface area contributed by atoms with Gasteiger partial charge in [-0.05, 0) is 30.9 Å². The van der Waals surface area contributed by atoms with Crippen LogP contribution in [0.3, 0.4) is 0 Å². The zero-order chi connectivity index (χ0) is 18.5. The molecular formula is C21H19N3OS. The van der Waals surface area contributed by atoms with Gasteiger partial charge in [-0.1, -0.05) is 48.5 Å². The van der Waals surface area contributed by atoms with Crippen molar-refractivity contribution in [3.63, 3.8) is 0 Å². The zero-order valence-electron chi connectivity index (χ0n) is 14.6. The van der Waals surface area contributed by atoms with Crippen LogP contribution >= 0.6 is 11.8 Å². The molecular weight excluding hydrogens is 342 g/mol. The van der Waals surface area contributed by atoms with Gasteiger partial charge in [0, 0.05) is 17.3 Å². The number of allylic oxidation sites excluding steroid dienone is 1. The summed E-state index contributed by atoms with van der Waals surface area (Å²) in [4.78, 5) is 17.6. The van der Waals surface area contributed by atoms with Crippen LogP contribution in [0.15, 0.2) is 76.3 Å². The Hall–Kier alpha value is -2.84. The van der Waals surface area contributed by atoms with Gasteiger partial charge < -0.3 is 5.32 Å². The minimum Gasteiger partial charge on any atom is -0.325 e. The average molecular weight is 361 g/mol. The number of para-hydroxylation sites is 1. The van der Waals surface area contributed by atoms with E-state index in [9.17, 15) is 10.1 Å². The minimum atomic E-state index is -0.525. The number of nitrogens with one attached hydrogen (secondary N) is 1. The van der Waals surface area contributed by atoms with Crippen molar-refractivity contribution in [3.05, 3.63) is 76.8 Å². The molecule has 26 heavy (non-hydrogen) atoms. The minimum absolute atomic E-state index is 0.154. The van der Waals surface area contributed by atoms with E-state index < -0.39 is 5.92 Å². The van der Waals surface area contributed by atoms with Gasteiger partial charge in [0.1, 0.15) is 5.03 Å². The first-order valence-electron chi connectivity index (χ1n) is 8.30. The Kier molecular flexibility index (Phi) is 5.55. The van der Waals surface area contributed by atoms with Gasteiger partial charge in [-0.3, -0.25) is 4.79 Å². The summed E-state index contributed by atoms with van der Waals surface area (Å²) in [7, 11) is 0. The number of amides is 1. The Balaban J connectivity index is 2.04. The lowest BCUT2D eigenvalue weighted by atomic mass is 9.77. The molecule has 2 aromatic rings. The van der Waals surface area contributed by atoms with Gasteiger partial charge in [0.25, 0.3) is 0 Å². The summed E-state index contributed by atoms with van der Waals surface area (Å²) in [5, 5.41) is 13.4. The normalized spacial score (nSPS) is 19.5. The number of benzene rings is 2. The van der Waals surface area contributed by atoms with Gasteiger partial charge in [0.2, 0.25) is 5.91 Å². The number of carbonyl (C=O) groups excluding carboxylic acids is 1. The van der Waals surface area contributed by atoms with Crippen LogP contribution in [0.4, 0.5) is 5.69 Å². The molecule has 0 bridgehead atoms. The van der Waals surface area contributed by atoms with Gasteiger partial charge in [-0.25, -0.2) is 4.99 Å². The third-order valence-electron chi connectivity index (χ3n) is 4.40. The summed E-state index contributed by atoms with van der Waals surface area (Å²) in [6.45, 7) is 1.86. The number of anilines is 1. The first-order chi connectivity index (χ1) is 12.7. The molecule has 0 saturated carbocycles. The molecule has 0 radical (unpaired) electrons. The summed E-state index contributed by atoms with van der Waals surface area (Å²) < 4.78 is 0. The molecule has 3 rings (SSSR count). The maximum absolute atomic E-state index is 13.1. The van der Waals surface area contributed by atoms with Crippen molar-refractivity contribution in [2.75, 3.05) is 11.6 Å². The molecule has 5 heteroatoms. The van der Waals surface area contributed by atoms with Crippen molar-refractivity contribution in [1.82, 2.24) is 0 Å². The second-order valence-corrected chi connectivity index (χ2v) is 6.80. The van der Waals surface area contributed by atoms with Crippen LogP contribution in [0.25, 0.3) is 0 Å². The van der Waals surface area contributed by atoms with Crippen molar-refractivity contribution in [1.29, 1.82) is 5.26 Å². The van der Waals surface area contributed by atoms with Crippen LogP contribution in [0.1, 0.15) is 18.4 Å². The highest BCUT2D eigenvalue weighted by atomic mass is 32.2. The van der Waals surface area contributed by atoms with E-state index in [4.69, 9.17) is 0 Å². The van der Waals surface area contributed by atoms with Crippen LogP contribution in [0.5, 0.6) is 0 Å². The monoisotopic (exact) mass is 361 g/mol. The summed E-state index contributed by atoms with van der Waals surface area (Å²) in [6.07, 6.45) is 1.90. The Morgan fingerprint density at radius 1 is 1.12 bits per heavy atom. The fourth-order valence-corrected chi connectivity index (χ4v) is 3.83. The predicted molar refractivity (Wildman–Crippen MR) is 107 cm³/mol. The second kappa shape index (κ2) is 8.03. The summed E-state index contributed by atoms with van der Waals surface area (Å²) in [5.74, 6) is -1.02. The summed E-state index contributed by atoms with van der Waals surface area (Å²) in [5.41, 5.74) is 2.94. The molecule has 2 atom stereocenters. The fraction of sp³-hybridized carbons (Fsp3) is 0.190. The third kappa shape index (κ3) is 3.56. The SMILES string of the molecule is CSC1=C(C#N)[C@H](c2ccccc2)C(C(=O)Nc2ccccc2)C(C)=N1. The maximum Gasteiger partial charge on any atom is 0.234 e. The molecule has 4 nitrogen and oxygen atoms in total. The molecule has 1 amide bonds. The molecule has 0 saturated heterocycles. The maximum atomic E-state index is 13.1. The Morgan fingerprint density at radius 3 is 2.31 bits per heavy atom. The molecule has 0 aromatic heterocycles. The predicted octanol–water partition coefficient (Wildman–Crippen LogP) is 4.60. The average Bonchev–Trinajstić information content (AvgIpc) is 2.68. The Bertz CT molecular complexity index is 898. The molecule has 2 aromatic carbocycles. The van der Waals surface area contributed by atoms with Crippen LogP contribution in [0.2, 0.25) is 0 Å². The van der Waals surface area contributed by atoms with Crippen molar-refractivity contribution >= 4 is 29.1 Å². The molecule has 0 spiro atoms. The molecule has 0 aliphatic carbocycles. The summed E-state index contributed by atoms with van der Waals surface area (Å²) >= 11 is 1.44. The van der Waals surface area contributed by atoms with E-state index in [1.165, 1.54) is 11.8 Å².